The number of aromatic amines is 1. The van der Waals surface area contributed by atoms with Crippen LogP contribution in [0.1, 0.15) is 51.6 Å². The van der Waals surface area contributed by atoms with E-state index in [9.17, 15) is 10.2 Å². The fourth-order valence-electron chi connectivity index (χ4n) is 5.49. The molecule has 2 aliphatic rings. The van der Waals surface area contributed by atoms with E-state index in [0.717, 1.165) is 44.0 Å². The number of para-hydroxylation sites is 1. The van der Waals surface area contributed by atoms with Crippen molar-refractivity contribution in [2.45, 2.75) is 63.6 Å². The zero-order valence-corrected chi connectivity index (χ0v) is 16.0. The van der Waals surface area contributed by atoms with Crippen molar-refractivity contribution in [3.8, 4) is 0 Å². The molecule has 0 saturated heterocycles. The average Bonchev–Trinajstić information content (AvgIpc) is 3.06. The Bertz CT molecular complexity index is 783. The lowest BCUT2D eigenvalue weighted by atomic mass is 9.75. The lowest BCUT2D eigenvalue weighted by Gasteiger charge is -2.35. The summed E-state index contributed by atoms with van der Waals surface area (Å²) < 4.78 is 0. The topological polar surface area (TPSA) is 56.2 Å². The molecule has 1 aromatic carbocycles. The quantitative estimate of drug-likeness (QED) is 0.707. The summed E-state index contributed by atoms with van der Waals surface area (Å²) in [5.74, 6) is 0.709. The molecule has 1 heterocycles. The van der Waals surface area contributed by atoms with Crippen molar-refractivity contribution < 1.29 is 10.2 Å². The number of hydrogen-bond acceptors (Lipinski definition) is 2. The summed E-state index contributed by atoms with van der Waals surface area (Å²) in [6, 6.07) is 10.5. The van der Waals surface area contributed by atoms with E-state index in [0.29, 0.717) is 5.92 Å². The highest BCUT2D eigenvalue weighted by Gasteiger charge is 2.52. The van der Waals surface area contributed by atoms with Gasteiger partial charge in [0.25, 0.3) is 0 Å². The average molecular weight is 354 g/mol. The molecule has 0 bridgehead atoms. The Kier molecular flexibility index (Phi) is 4.28. The monoisotopic (exact) mass is 353 g/mol. The summed E-state index contributed by atoms with van der Waals surface area (Å²) in [5, 5.41) is 23.1. The number of nitrogens with one attached hydrogen (secondary N) is 1. The number of H-pyrrole nitrogens is 1. The second-order valence-electron chi connectivity index (χ2n) is 9.15. The molecule has 0 spiro atoms. The predicted octanol–water partition coefficient (Wildman–Crippen LogP) is 4.59. The van der Waals surface area contributed by atoms with Crippen LogP contribution in [0.4, 0.5) is 0 Å². The van der Waals surface area contributed by atoms with Gasteiger partial charge in [-0.15, -0.1) is 0 Å². The van der Waals surface area contributed by atoms with E-state index in [1.54, 1.807) is 0 Å². The molecule has 3 N–H and O–H groups in total. The summed E-state index contributed by atoms with van der Waals surface area (Å²) >= 11 is 0. The SMILES string of the molecule is C=C(Cc1cc2ccccc2[nH]1)C1CCC(C)(O)C2CCC(C)(O)C2C1. The van der Waals surface area contributed by atoms with Gasteiger partial charge < -0.3 is 15.2 Å². The first kappa shape index (κ1) is 17.8. The second kappa shape index (κ2) is 6.24. The first-order valence-electron chi connectivity index (χ1n) is 9.95. The fraction of sp³-hybridized carbons (Fsp3) is 0.565. The van der Waals surface area contributed by atoms with E-state index in [4.69, 9.17) is 0 Å². The third-order valence-electron chi connectivity index (χ3n) is 7.16. The summed E-state index contributed by atoms with van der Waals surface area (Å²) in [4.78, 5) is 3.50. The molecular formula is C23H31NO2. The van der Waals surface area contributed by atoms with Crippen molar-refractivity contribution in [3.63, 3.8) is 0 Å². The molecule has 4 rings (SSSR count). The highest BCUT2D eigenvalue weighted by molar-refractivity contribution is 5.80. The number of fused-ring (bicyclic) bond motifs is 2. The number of rotatable bonds is 3. The number of allylic oxidation sites excluding steroid dienone is 1. The van der Waals surface area contributed by atoms with E-state index in [1.165, 1.54) is 16.7 Å². The van der Waals surface area contributed by atoms with Gasteiger partial charge in [-0.25, -0.2) is 0 Å². The van der Waals surface area contributed by atoms with Gasteiger partial charge >= 0.3 is 0 Å². The molecule has 1 aromatic heterocycles. The van der Waals surface area contributed by atoms with Crippen LogP contribution in [-0.4, -0.2) is 26.4 Å². The molecule has 2 aliphatic carbocycles. The zero-order chi connectivity index (χ0) is 18.5. The largest absolute Gasteiger partial charge is 0.390 e. The van der Waals surface area contributed by atoms with Gasteiger partial charge in [0.05, 0.1) is 11.2 Å². The number of benzene rings is 1. The van der Waals surface area contributed by atoms with Crippen LogP contribution in [0.2, 0.25) is 0 Å². The van der Waals surface area contributed by atoms with E-state index in [2.05, 4.69) is 35.8 Å². The molecule has 5 unspecified atom stereocenters. The van der Waals surface area contributed by atoms with E-state index in [-0.39, 0.29) is 11.8 Å². The van der Waals surface area contributed by atoms with Gasteiger partial charge in [0, 0.05) is 17.6 Å². The smallest absolute Gasteiger partial charge is 0.0651 e. The van der Waals surface area contributed by atoms with Crippen molar-refractivity contribution in [2.24, 2.45) is 17.8 Å². The third kappa shape index (κ3) is 3.12. The van der Waals surface area contributed by atoms with E-state index in [1.807, 2.05) is 19.9 Å². The Morgan fingerprint density at radius 3 is 2.58 bits per heavy atom. The fourth-order valence-corrected chi connectivity index (χ4v) is 5.49. The molecular weight excluding hydrogens is 322 g/mol. The number of aromatic nitrogens is 1. The van der Waals surface area contributed by atoms with Crippen LogP contribution in [-0.2, 0) is 6.42 Å². The minimum atomic E-state index is -0.679. The third-order valence-corrected chi connectivity index (χ3v) is 7.16. The molecule has 3 nitrogen and oxygen atoms in total. The Labute approximate surface area is 156 Å². The zero-order valence-electron chi connectivity index (χ0n) is 16.0. The summed E-state index contributed by atoms with van der Waals surface area (Å²) in [6.45, 7) is 8.33. The minimum Gasteiger partial charge on any atom is -0.390 e. The van der Waals surface area contributed by atoms with E-state index >= 15 is 0 Å². The Morgan fingerprint density at radius 2 is 1.81 bits per heavy atom. The molecule has 3 heteroatoms. The van der Waals surface area contributed by atoms with Crippen LogP contribution in [0.15, 0.2) is 42.5 Å². The van der Waals surface area contributed by atoms with Crippen LogP contribution in [0.5, 0.6) is 0 Å². The maximum Gasteiger partial charge on any atom is 0.0651 e. The number of hydrogen-bond donors (Lipinski definition) is 3. The molecule has 140 valence electrons. The molecule has 0 amide bonds. The van der Waals surface area contributed by atoms with E-state index < -0.39 is 11.2 Å². The maximum atomic E-state index is 11.0. The normalized spacial score (nSPS) is 37.5. The molecule has 2 fully saturated rings. The molecule has 0 aliphatic heterocycles. The second-order valence-corrected chi connectivity index (χ2v) is 9.15. The predicted molar refractivity (Wildman–Crippen MR) is 106 cm³/mol. The van der Waals surface area contributed by atoms with Crippen LogP contribution in [0.25, 0.3) is 10.9 Å². The molecule has 0 radical (unpaired) electrons. The van der Waals surface area contributed by atoms with Gasteiger partial charge in [0.15, 0.2) is 0 Å². The lowest BCUT2D eigenvalue weighted by Crippen LogP contribution is -2.40. The van der Waals surface area contributed by atoms with Crippen molar-refractivity contribution in [1.82, 2.24) is 4.98 Å². The first-order valence-corrected chi connectivity index (χ1v) is 9.95. The summed E-state index contributed by atoms with van der Waals surface area (Å²) in [5.41, 5.74) is 2.23. The van der Waals surface area contributed by atoms with Gasteiger partial charge in [-0.05, 0) is 81.2 Å². The Morgan fingerprint density at radius 1 is 1.12 bits per heavy atom. The Hall–Kier alpha value is -1.58. The molecule has 26 heavy (non-hydrogen) atoms. The standard InChI is InChI=1S/C23H31NO2/c1-15(12-18-13-17-6-4-5-7-21(17)24-18)16-8-10-22(2,25)19-9-11-23(3,26)20(19)14-16/h4-7,13,16,19-20,24-26H,1,8-12,14H2,2-3H3. The maximum absolute atomic E-state index is 11.0. The van der Waals surface area contributed by atoms with Crippen LogP contribution in [0.3, 0.4) is 0 Å². The van der Waals surface area contributed by atoms with Gasteiger partial charge in [-0.1, -0.05) is 30.4 Å². The minimum absolute atomic E-state index is 0.157. The van der Waals surface area contributed by atoms with Gasteiger partial charge in [0.2, 0.25) is 0 Å². The lowest BCUT2D eigenvalue weighted by molar-refractivity contribution is -0.0539. The highest BCUT2D eigenvalue weighted by atomic mass is 16.3. The van der Waals surface area contributed by atoms with Crippen LogP contribution >= 0.6 is 0 Å². The molecule has 2 saturated carbocycles. The highest BCUT2D eigenvalue weighted by Crippen LogP contribution is 2.53. The van der Waals surface area contributed by atoms with Crippen molar-refractivity contribution in [2.75, 3.05) is 0 Å². The molecule has 5 atom stereocenters. The van der Waals surface area contributed by atoms with Crippen molar-refractivity contribution in [1.29, 1.82) is 0 Å². The van der Waals surface area contributed by atoms with Gasteiger partial charge in [0.1, 0.15) is 0 Å². The van der Waals surface area contributed by atoms with Crippen molar-refractivity contribution in [3.05, 3.63) is 48.2 Å². The van der Waals surface area contributed by atoms with Crippen LogP contribution < -0.4 is 0 Å². The van der Waals surface area contributed by atoms with Gasteiger partial charge in [-0.3, -0.25) is 0 Å². The summed E-state index contributed by atoms with van der Waals surface area (Å²) in [6.07, 6.45) is 5.23. The molecule has 2 aromatic rings. The van der Waals surface area contributed by atoms with Crippen molar-refractivity contribution >= 4 is 10.9 Å². The Balaban J connectivity index is 1.54. The first-order chi connectivity index (χ1) is 12.3. The van der Waals surface area contributed by atoms with Gasteiger partial charge in [-0.2, -0.15) is 0 Å². The number of aliphatic hydroxyl groups is 2. The van der Waals surface area contributed by atoms with Crippen LogP contribution in [0, 0.1) is 17.8 Å². The summed E-state index contributed by atoms with van der Waals surface area (Å²) in [7, 11) is 0.